The highest BCUT2D eigenvalue weighted by Crippen LogP contribution is 2.15. The van der Waals surface area contributed by atoms with Crippen LogP contribution in [0.5, 0.6) is 5.75 Å². The van der Waals surface area contributed by atoms with E-state index in [4.69, 9.17) is 0 Å². The van der Waals surface area contributed by atoms with Gasteiger partial charge in [0.2, 0.25) is 0 Å². The molecule has 3 heteroatoms. The zero-order chi connectivity index (χ0) is 13.0. The Morgan fingerprint density at radius 3 is 2.56 bits per heavy atom. The first-order chi connectivity index (χ1) is 8.65. The van der Waals surface area contributed by atoms with Crippen LogP contribution in [-0.4, -0.2) is 5.11 Å². The van der Waals surface area contributed by atoms with Gasteiger partial charge in [-0.15, -0.1) is 0 Å². The van der Waals surface area contributed by atoms with E-state index < -0.39 is 0 Å². The van der Waals surface area contributed by atoms with Crippen LogP contribution < -0.4 is 5.32 Å². The molecule has 0 fully saturated rings. The van der Waals surface area contributed by atoms with Crippen molar-refractivity contribution in [2.45, 2.75) is 19.5 Å². The fourth-order valence-electron chi connectivity index (χ4n) is 1.81. The van der Waals surface area contributed by atoms with Crippen LogP contribution in [0.2, 0.25) is 0 Å². The van der Waals surface area contributed by atoms with E-state index in [9.17, 15) is 9.50 Å². The Morgan fingerprint density at radius 1 is 1.17 bits per heavy atom. The van der Waals surface area contributed by atoms with Crippen LogP contribution in [0.3, 0.4) is 0 Å². The largest absolute Gasteiger partial charge is 0.508 e. The maximum Gasteiger partial charge on any atom is 0.123 e. The first-order valence-electron chi connectivity index (χ1n) is 5.92. The van der Waals surface area contributed by atoms with Crippen molar-refractivity contribution in [1.82, 2.24) is 5.32 Å². The monoisotopic (exact) mass is 245 g/mol. The smallest absolute Gasteiger partial charge is 0.123 e. The van der Waals surface area contributed by atoms with Crippen LogP contribution in [0.25, 0.3) is 0 Å². The molecular formula is C15H16FNO. The number of phenolic OH excluding ortho intramolecular Hbond substituents is 1. The predicted octanol–water partition coefficient (Wildman–Crippen LogP) is 3.38. The maximum absolute atomic E-state index is 12.8. The van der Waals surface area contributed by atoms with Gasteiger partial charge in [-0.2, -0.15) is 0 Å². The molecule has 0 bridgehead atoms. The molecule has 0 aliphatic carbocycles. The lowest BCUT2D eigenvalue weighted by Crippen LogP contribution is -2.17. The summed E-state index contributed by atoms with van der Waals surface area (Å²) in [5.74, 6) is 0.0441. The number of aromatic hydroxyl groups is 1. The molecule has 0 spiro atoms. The lowest BCUT2D eigenvalue weighted by Gasteiger charge is -2.14. The zero-order valence-corrected chi connectivity index (χ0v) is 10.2. The molecule has 2 aromatic carbocycles. The van der Waals surface area contributed by atoms with Gasteiger partial charge in [0, 0.05) is 12.6 Å². The van der Waals surface area contributed by atoms with Crippen molar-refractivity contribution >= 4 is 0 Å². The molecule has 2 N–H and O–H groups in total. The molecule has 18 heavy (non-hydrogen) atoms. The Bertz CT molecular complexity index is 510. The van der Waals surface area contributed by atoms with Gasteiger partial charge in [0.05, 0.1) is 0 Å². The minimum atomic E-state index is -0.223. The van der Waals surface area contributed by atoms with E-state index in [-0.39, 0.29) is 17.6 Å². The van der Waals surface area contributed by atoms with E-state index >= 15 is 0 Å². The summed E-state index contributed by atoms with van der Waals surface area (Å²) >= 11 is 0. The van der Waals surface area contributed by atoms with Crippen molar-refractivity contribution in [1.29, 1.82) is 0 Å². The molecule has 0 heterocycles. The number of benzene rings is 2. The average Bonchev–Trinajstić information content (AvgIpc) is 2.37. The number of halogens is 1. The molecule has 0 aliphatic heterocycles. The Hall–Kier alpha value is -1.87. The Morgan fingerprint density at radius 2 is 1.89 bits per heavy atom. The molecule has 2 aromatic rings. The van der Waals surface area contributed by atoms with Crippen LogP contribution in [0.15, 0.2) is 48.5 Å². The van der Waals surface area contributed by atoms with Crippen LogP contribution in [0.1, 0.15) is 24.1 Å². The lowest BCUT2D eigenvalue weighted by atomic mass is 10.1. The van der Waals surface area contributed by atoms with E-state index in [0.717, 1.165) is 11.1 Å². The second kappa shape index (κ2) is 5.65. The highest BCUT2D eigenvalue weighted by molar-refractivity contribution is 5.27. The zero-order valence-electron chi connectivity index (χ0n) is 10.2. The fourth-order valence-corrected chi connectivity index (χ4v) is 1.81. The molecule has 0 saturated carbocycles. The van der Waals surface area contributed by atoms with Gasteiger partial charge in [-0.3, -0.25) is 0 Å². The number of nitrogens with one attached hydrogen (secondary N) is 1. The van der Waals surface area contributed by atoms with Crippen molar-refractivity contribution in [3.63, 3.8) is 0 Å². The SMILES string of the molecule is C[C@H](NCc1cccc(O)c1)c1ccc(F)cc1. The van der Waals surface area contributed by atoms with Gasteiger partial charge in [0.1, 0.15) is 11.6 Å². The molecule has 0 saturated heterocycles. The topological polar surface area (TPSA) is 32.3 Å². The molecular weight excluding hydrogens is 229 g/mol. The third-order valence-electron chi connectivity index (χ3n) is 2.89. The van der Waals surface area contributed by atoms with E-state index in [2.05, 4.69) is 5.32 Å². The van der Waals surface area contributed by atoms with Gasteiger partial charge < -0.3 is 10.4 Å². The number of hydrogen-bond acceptors (Lipinski definition) is 2. The van der Waals surface area contributed by atoms with Crippen molar-refractivity contribution in [3.8, 4) is 5.75 Å². The predicted molar refractivity (Wildman–Crippen MR) is 69.8 cm³/mol. The van der Waals surface area contributed by atoms with Gasteiger partial charge in [0.15, 0.2) is 0 Å². The maximum atomic E-state index is 12.8. The van der Waals surface area contributed by atoms with Gasteiger partial charge in [-0.1, -0.05) is 24.3 Å². The van der Waals surface area contributed by atoms with Crippen LogP contribution in [0.4, 0.5) is 4.39 Å². The van der Waals surface area contributed by atoms with Gasteiger partial charge >= 0.3 is 0 Å². The molecule has 0 amide bonds. The molecule has 0 unspecified atom stereocenters. The Labute approximate surface area is 106 Å². The fraction of sp³-hybridized carbons (Fsp3) is 0.200. The Balaban J connectivity index is 1.96. The third kappa shape index (κ3) is 3.31. The summed E-state index contributed by atoms with van der Waals surface area (Å²) in [6.07, 6.45) is 0. The van der Waals surface area contributed by atoms with Crippen molar-refractivity contribution in [3.05, 3.63) is 65.5 Å². The highest BCUT2D eigenvalue weighted by atomic mass is 19.1. The van der Waals surface area contributed by atoms with Crippen molar-refractivity contribution in [2.75, 3.05) is 0 Å². The number of hydrogen-bond donors (Lipinski definition) is 2. The quantitative estimate of drug-likeness (QED) is 0.865. The van der Waals surface area contributed by atoms with Crippen LogP contribution in [0, 0.1) is 5.82 Å². The average molecular weight is 245 g/mol. The van der Waals surface area contributed by atoms with E-state index in [0.29, 0.717) is 6.54 Å². The van der Waals surface area contributed by atoms with Gasteiger partial charge in [0.25, 0.3) is 0 Å². The van der Waals surface area contributed by atoms with Crippen LogP contribution in [-0.2, 0) is 6.54 Å². The van der Waals surface area contributed by atoms with E-state index in [1.54, 1.807) is 24.3 Å². The van der Waals surface area contributed by atoms with E-state index in [1.165, 1.54) is 12.1 Å². The van der Waals surface area contributed by atoms with Gasteiger partial charge in [-0.25, -0.2) is 4.39 Å². The number of rotatable bonds is 4. The molecule has 2 rings (SSSR count). The summed E-state index contributed by atoms with van der Waals surface area (Å²) in [5.41, 5.74) is 2.06. The first-order valence-corrected chi connectivity index (χ1v) is 5.92. The third-order valence-corrected chi connectivity index (χ3v) is 2.89. The summed E-state index contributed by atoms with van der Waals surface area (Å²) in [6, 6.07) is 13.7. The minimum Gasteiger partial charge on any atom is -0.508 e. The summed E-state index contributed by atoms with van der Waals surface area (Å²) in [4.78, 5) is 0. The summed E-state index contributed by atoms with van der Waals surface area (Å²) in [6.45, 7) is 2.68. The lowest BCUT2D eigenvalue weighted by molar-refractivity contribution is 0.473. The summed E-state index contributed by atoms with van der Waals surface area (Å²) in [5, 5.41) is 12.7. The van der Waals surface area contributed by atoms with Gasteiger partial charge in [-0.05, 0) is 42.3 Å². The van der Waals surface area contributed by atoms with E-state index in [1.807, 2.05) is 19.1 Å². The Kier molecular flexibility index (Phi) is 3.95. The van der Waals surface area contributed by atoms with Crippen LogP contribution >= 0.6 is 0 Å². The van der Waals surface area contributed by atoms with Crippen molar-refractivity contribution < 1.29 is 9.50 Å². The van der Waals surface area contributed by atoms with Crippen molar-refractivity contribution in [2.24, 2.45) is 0 Å². The standard InChI is InChI=1S/C15H16FNO/c1-11(13-5-7-14(16)8-6-13)17-10-12-3-2-4-15(18)9-12/h2-9,11,17-18H,10H2,1H3/t11-/m0/s1. The second-order valence-corrected chi connectivity index (χ2v) is 4.32. The summed E-state index contributed by atoms with van der Waals surface area (Å²) < 4.78 is 12.8. The molecule has 1 atom stereocenters. The molecule has 0 radical (unpaired) electrons. The highest BCUT2D eigenvalue weighted by Gasteiger charge is 2.05. The molecule has 94 valence electrons. The number of phenols is 1. The minimum absolute atomic E-state index is 0.132. The molecule has 0 aromatic heterocycles. The molecule has 2 nitrogen and oxygen atoms in total. The second-order valence-electron chi connectivity index (χ2n) is 4.32. The molecule has 0 aliphatic rings. The summed E-state index contributed by atoms with van der Waals surface area (Å²) in [7, 11) is 0. The normalized spacial score (nSPS) is 12.3. The first kappa shape index (κ1) is 12.6.